The molecule has 13 heteroatoms. The lowest BCUT2D eigenvalue weighted by Gasteiger charge is -2.19. The van der Waals surface area contributed by atoms with Gasteiger partial charge < -0.3 is 20.1 Å². The Labute approximate surface area is 178 Å². The average molecular weight is 454 g/mol. The molecule has 0 atom stereocenters. The maximum absolute atomic E-state index is 13.6. The highest BCUT2D eigenvalue weighted by Crippen LogP contribution is 2.31. The minimum absolute atomic E-state index is 0.00913. The molecule has 0 saturated carbocycles. The van der Waals surface area contributed by atoms with Crippen LogP contribution < -0.4 is 5.32 Å². The van der Waals surface area contributed by atoms with E-state index >= 15 is 0 Å². The van der Waals surface area contributed by atoms with Crippen LogP contribution in [0.15, 0.2) is 24.5 Å². The van der Waals surface area contributed by atoms with E-state index in [4.69, 9.17) is 4.74 Å². The van der Waals surface area contributed by atoms with Crippen molar-refractivity contribution < 1.29 is 32.2 Å². The molecule has 1 fully saturated rings. The molecular formula is C19H18F4N6O3. The molecule has 9 nitrogen and oxygen atoms in total. The number of aromatic hydroxyl groups is 1. The first-order valence-corrected chi connectivity index (χ1v) is 9.64. The molecule has 0 spiro atoms. The zero-order chi connectivity index (χ0) is 22.9. The van der Waals surface area contributed by atoms with Crippen LogP contribution in [0.1, 0.15) is 16.9 Å². The summed E-state index contributed by atoms with van der Waals surface area (Å²) in [5, 5.41) is 16.4. The molecule has 3 aromatic heterocycles. The number of pyridine rings is 2. The number of amides is 1. The number of anilines is 2. The van der Waals surface area contributed by atoms with Crippen LogP contribution in [0.5, 0.6) is 5.75 Å². The van der Waals surface area contributed by atoms with Gasteiger partial charge in [-0.25, -0.2) is 9.37 Å². The third-order valence-electron chi connectivity index (χ3n) is 4.81. The minimum Gasteiger partial charge on any atom is -0.502 e. The summed E-state index contributed by atoms with van der Waals surface area (Å²) in [6.45, 7) is 0.237. The summed E-state index contributed by atoms with van der Waals surface area (Å²) in [5.74, 6) is -2.67. The van der Waals surface area contributed by atoms with E-state index in [1.54, 1.807) is 0 Å². The molecule has 1 aliphatic rings. The molecule has 0 aliphatic carbocycles. The molecule has 170 valence electrons. The Morgan fingerprint density at radius 2 is 2.03 bits per heavy atom. The summed E-state index contributed by atoms with van der Waals surface area (Å²) in [4.78, 5) is 22.2. The number of ether oxygens (including phenoxy) is 1. The summed E-state index contributed by atoms with van der Waals surface area (Å²) in [6, 6.07) is 2.15. The quantitative estimate of drug-likeness (QED) is 0.584. The number of hydrogen-bond donors (Lipinski definition) is 2. The topological polar surface area (TPSA) is 105 Å². The minimum atomic E-state index is -4.59. The van der Waals surface area contributed by atoms with Crippen LogP contribution in [0.2, 0.25) is 0 Å². The number of alkyl halides is 3. The summed E-state index contributed by atoms with van der Waals surface area (Å²) in [5.41, 5.74) is -0.0499. The van der Waals surface area contributed by atoms with Crippen LogP contribution in [0, 0.1) is 5.82 Å². The highest BCUT2D eigenvalue weighted by molar-refractivity contribution is 5.98. The van der Waals surface area contributed by atoms with Gasteiger partial charge in [0, 0.05) is 32.1 Å². The molecule has 3 aromatic rings. The van der Waals surface area contributed by atoms with Gasteiger partial charge in [-0.05, 0) is 18.6 Å². The molecule has 4 heterocycles. The normalized spacial score (nSPS) is 15.1. The summed E-state index contributed by atoms with van der Waals surface area (Å²) in [6.07, 6.45) is -1.68. The molecule has 1 amide bonds. The van der Waals surface area contributed by atoms with Crippen molar-refractivity contribution in [3.8, 4) is 5.75 Å². The van der Waals surface area contributed by atoms with Crippen molar-refractivity contribution in [1.29, 1.82) is 0 Å². The van der Waals surface area contributed by atoms with Gasteiger partial charge in [-0.1, -0.05) is 0 Å². The smallest absolute Gasteiger partial charge is 0.408 e. The number of halogens is 4. The van der Waals surface area contributed by atoms with Crippen LogP contribution in [0.4, 0.5) is 29.2 Å². The molecule has 2 N–H and O–H groups in total. The van der Waals surface area contributed by atoms with Gasteiger partial charge in [-0.15, -0.1) is 0 Å². The van der Waals surface area contributed by atoms with Gasteiger partial charge in [0.05, 0.1) is 17.5 Å². The standard InChI is InChI=1S/C19H18F4N6O3/c20-12-2-3-24-17(15(12)30)26-16-11-9-25-13(18(31)28-4-1-6-32-7-5-28)8-14(11)29(27-16)10-19(21,22)23/h2-3,8-9,30H,1,4-7,10H2,(H,24,26,27). The lowest BCUT2D eigenvalue weighted by Crippen LogP contribution is -2.33. The average Bonchev–Trinajstić information content (AvgIpc) is 2.92. The van der Waals surface area contributed by atoms with E-state index in [-0.39, 0.29) is 28.2 Å². The number of nitrogens with one attached hydrogen (secondary N) is 1. The van der Waals surface area contributed by atoms with Gasteiger partial charge >= 0.3 is 6.18 Å². The fourth-order valence-electron chi connectivity index (χ4n) is 3.31. The lowest BCUT2D eigenvalue weighted by atomic mass is 10.2. The Balaban J connectivity index is 1.74. The predicted molar refractivity (Wildman–Crippen MR) is 104 cm³/mol. The number of carbonyl (C=O) groups is 1. The van der Waals surface area contributed by atoms with E-state index in [2.05, 4.69) is 20.4 Å². The maximum Gasteiger partial charge on any atom is 0.408 e. The Morgan fingerprint density at radius 3 is 2.81 bits per heavy atom. The van der Waals surface area contributed by atoms with Crippen molar-refractivity contribution in [2.24, 2.45) is 0 Å². The van der Waals surface area contributed by atoms with Crippen molar-refractivity contribution in [2.75, 3.05) is 31.6 Å². The van der Waals surface area contributed by atoms with Crippen LogP contribution in [-0.4, -0.2) is 68.1 Å². The fraction of sp³-hybridized carbons (Fsp3) is 0.368. The van der Waals surface area contributed by atoms with Crippen LogP contribution in [-0.2, 0) is 11.3 Å². The number of fused-ring (bicyclic) bond motifs is 1. The second kappa shape index (κ2) is 8.57. The molecule has 1 aliphatic heterocycles. The molecular weight excluding hydrogens is 436 g/mol. The highest BCUT2D eigenvalue weighted by Gasteiger charge is 2.31. The van der Waals surface area contributed by atoms with Crippen molar-refractivity contribution in [3.05, 3.63) is 36.0 Å². The van der Waals surface area contributed by atoms with Crippen molar-refractivity contribution in [2.45, 2.75) is 19.1 Å². The summed E-state index contributed by atoms with van der Waals surface area (Å²) >= 11 is 0. The summed E-state index contributed by atoms with van der Waals surface area (Å²) in [7, 11) is 0. The lowest BCUT2D eigenvalue weighted by molar-refractivity contribution is -0.141. The zero-order valence-electron chi connectivity index (χ0n) is 16.6. The second-order valence-electron chi connectivity index (χ2n) is 7.08. The number of nitrogens with zero attached hydrogens (tertiary/aromatic N) is 5. The maximum atomic E-state index is 13.6. The SMILES string of the molecule is O=C(c1cc2c(cn1)c(Nc1nccc(F)c1O)nn2CC(F)(F)F)N1CCCOCC1. The fourth-order valence-corrected chi connectivity index (χ4v) is 3.31. The Morgan fingerprint density at radius 1 is 1.22 bits per heavy atom. The Hall–Kier alpha value is -3.48. The van der Waals surface area contributed by atoms with Crippen molar-refractivity contribution >= 4 is 28.4 Å². The molecule has 0 aromatic carbocycles. The number of rotatable bonds is 4. The van der Waals surface area contributed by atoms with E-state index in [9.17, 15) is 27.5 Å². The second-order valence-corrected chi connectivity index (χ2v) is 7.08. The number of aromatic nitrogens is 4. The zero-order valence-corrected chi connectivity index (χ0v) is 16.6. The first-order chi connectivity index (χ1) is 15.2. The molecule has 0 unspecified atom stereocenters. The third-order valence-corrected chi connectivity index (χ3v) is 4.81. The molecule has 0 radical (unpaired) electrons. The predicted octanol–water partition coefficient (Wildman–Crippen LogP) is 2.84. The third kappa shape index (κ3) is 4.56. The highest BCUT2D eigenvalue weighted by atomic mass is 19.4. The Kier molecular flexibility index (Phi) is 5.82. The molecule has 4 rings (SSSR count). The van der Waals surface area contributed by atoms with Crippen LogP contribution >= 0.6 is 0 Å². The first-order valence-electron chi connectivity index (χ1n) is 9.64. The van der Waals surface area contributed by atoms with Crippen molar-refractivity contribution in [1.82, 2.24) is 24.6 Å². The van der Waals surface area contributed by atoms with Crippen molar-refractivity contribution in [3.63, 3.8) is 0 Å². The number of carbonyl (C=O) groups excluding carboxylic acids is 1. The van der Waals surface area contributed by atoms with Gasteiger partial charge in [0.25, 0.3) is 5.91 Å². The van der Waals surface area contributed by atoms with Gasteiger partial charge in [0.2, 0.25) is 0 Å². The van der Waals surface area contributed by atoms with Gasteiger partial charge in [0.1, 0.15) is 12.2 Å². The number of hydrogen-bond acceptors (Lipinski definition) is 7. The van der Waals surface area contributed by atoms with Gasteiger partial charge in [0.15, 0.2) is 23.2 Å². The van der Waals surface area contributed by atoms with E-state index in [1.807, 2.05) is 0 Å². The van der Waals surface area contributed by atoms with Gasteiger partial charge in [-0.3, -0.25) is 14.5 Å². The van der Waals surface area contributed by atoms with E-state index < -0.39 is 30.2 Å². The molecule has 32 heavy (non-hydrogen) atoms. The summed E-state index contributed by atoms with van der Waals surface area (Å²) < 4.78 is 59.0. The van der Waals surface area contributed by atoms with Gasteiger partial charge in [-0.2, -0.15) is 18.3 Å². The first kappa shape index (κ1) is 21.7. The van der Waals surface area contributed by atoms with E-state index in [0.717, 1.165) is 12.3 Å². The monoisotopic (exact) mass is 454 g/mol. The Bertz CT molecular complexity index is 1140. The van der Waals surface area contributed by atoms with E-state index in [0.29, 0.717) is 37.4 Å². The largest absolute Gasteiger partial charge is 0.502 e. The van der Waals surface area contributed by atoms with E-state index in [1.165, 1.54) is 17.2 Å². The van der Waals surface area contributed by atoms with Crippen LogP contribution in [0.25, 0.3) is 10.9 Å². The van der Waals surface area contributed by atoms with Crippen LogP contribution in [0.3, 0.4) is 0 Å². The molecule has 0 bridgehead atoms. The molecule has 1 saturated heterocycles.